The van der Waals surface area contributed by atoms with Crippen LogP contribution in [-0.2, 0) is 22.7 Å². The van der Waals surface area contributed by atoms with Gasteiger partial charge in [-0.3, -0.25) is 9.59 Å². The topological polar surface area (TPSA) is 61.2 Å². The van der Waals surface area contributed by atoms with Crippen molar-refractivity contribution in [2.45, 2.75) is 13.2 Å². The summed E-state index contributed by atoms with van der Waals surface area (Å²) in [7, 11) is 0. The van der Waals surface area contributed by atoms with E-state index < -0.39 is 5.97 Å². The smallest absolute Gasteiger partial charge is 0.328 e. The molecule has 0 saturated carbocycles. The number of nitrogens with zero attached hydrogens (tertiary/aromatic N) is 2. The van der Waals surface area contributed by atoms with Crippen molar-refractivity contribution in [3.8, 4) is 11.3 Å². The lowest BCUT2D eigenvalue weighted by Crippen LogP contribution is -2.27. The van der Waals surface area contributed by atoms with Crippen LogP contribution in [-0.4, -0.2) is 15.7 Å². The van der Waals surface area contributed by atoms with Crippen LogP contribution < -0.4 is 5.56 Å². The predicted molar refractivity (Wildman–Crippen MR) is 97.9 cm³/mol. The summed E-state index contributed by atoms with van der Waals surface area (Å²) >= 11 is 3.40. The number of aromatic nitrogens is 2. The van der Waals surface area contributed by atoms with Crippen molar-refractivity contribution in [3.63, 3.8) is 0 Å². The zero-order chi connectivity index (χ0) is 17.6. The fraction of sp³-hybridized carbons (Fsp3) is 0.105. The van der Waals surface area contributed by atoms with Crippen molar-refractivity contribution >= 4 is 21.9 Å². The van der Waals surface area contributed by atoms with Gasteiger partial charge in [-0.1, -0.05) is 58.4 Å². The molecule has 25 heavy (non-hydrogen) atoms. The Morgan fingerprint density at radius 3 is 2.60 bits per heavy atom. The summed E-state index contributed by atoms with van der Waals surface area (Å²) in [6.45, 7) is -0.0622. The van der Waals surface area contributed by atoms with Gasteiger partial charge in [0.25, 0.3) is 5.56 Å². The van der Waals surface area contributed by atoms with Crippen molar-refractivity contribution in [2.75, 3.05) is 0 Å². The molecule has 1 aromatic heterocycles. The van der Waals surface area contributed by atoms with Gasteiger partial charge in [-0.25, -0.2) is 4.68 Å². The molecule has 0 aliphatic heterocycles. The van der Waals surface area contributed by atoms with E-state index in [1.807, 2.05) is 54.6 Å². The number of rotatable bonds is 5. The van der Waals surface area contributed by atoms with Crippen molar-refractivity contribution in [1.29, 1.82) is 0 Å². The second kappa shape index (κ2) is 7.90. The minimum Gasteiger partial charge on any atom is -0.459 e. The SMILES string of the molecule is O=C(Cn1nc(-c2cccc(Br)c2)ccc1=O)OCc1ccccc1. The number of hydrogen-bond donors (Lipinski definition) is 0. The Bertz CT molecular complexity index is 939. The second-order valence-electron chi connectivity index (χ2n) is 5.37. The third-order valence-electron chi connectivity index (χ3n) is 3.51. The van der Waals surface area contributed by atoms with Gasteiger partial charge < -0.3 is 4.74 Å². The second-order valence-corrected chi connectivity index (χ2v) is 6.29. The maximum absolute atomic E-state index is 12.0. The van der Waals surface area contributed by atoms with E-state index in [4.69, 9.17) is 4.74 Å². The molecule has 0 atom stereocenters. The minimum atomic E-state index is -0.509. The van der Waals surface area contributed by atoms with E-state index >= 15 is 0 Å². The van der Waals surface area contributed by atoms with Gasteiger partial charge in [-0.15, -0.1) is 0 Å². The van der Waals surface area contributed by atoms with Crippen LogP contribution in [0.15, 0.2) is 76.0 Å². The number of halogens is 1. The Hall–Kier alpha value is -2.73. The molecular formula is C19H15BrN2O3. The van der Waals surface area contributed by atoms with Gasteiger partial charge in [0.05, 0.1) is 5.69 Å². The van der Waals surface area contributed by atoms with Gasteiger partial charge >= 0.3 is 5.97 Å². The Morgan fingerprint density at radius 1 is 1.04 bits per heavy atom. The van der Waals surface area contributed by atoms with Crippen LogP contribution in [0.3, 0.4) is 0 Å². The molecule has 0 amide bonds. The van der Waals surface area contributed by atoms with Gasteiger partial charge in [0.1, 0.15) is 13.2 Å². The van der Waals surface area contributed by atoms with Gasteiger partial charge in [-0.2, -0.15) is 5.10 Å². The summed E-state index contributed by atoms with van der Waals surface area (Å²) in [6, 6.07) is 20.0. The summed E-state index contributed by atoms with van der Waals surface area (Å²) in [5.74, 6) is -0.509. The average Bonchev–Trinajstić information content (AvgIpc) is 2.63. The Kier molecular flexibility index (Phi) is 5.40. The minimum absolute atomic E-state index is 0.166. The highest BCUT2D eigenvalue weighted by molar-refractivity contribution is 9.10. The first kappa shape index (κ1) is 17.1. The van der Waals surface area contributed by atoms with Crippen LogP contribution in [0.1, 0.15) is 5.56 Å². The Balaban J connectivity index is 1.72. The number of ether oxygens (including phenoxy) is 1. The van der Waals surface area contributed by atoms with E-state index in [9.17, 15) is 9.59 Å². The zero-order valence-corrected chi connectivity index (χ0v) is 14.8. The maximum Gasteiger partial charge on any atom is 0.328 e. The average molecular weight is 399 g/mol. The monoisotopic (exact) mass is 398 g/mol. The first-order chi connectivity index (χ1) is 12.1. The van der Waals surface area contributed by atoms with Gasteiger partial charge in [0.2, 0.25) is 0 Å². The molecule has 0 N–H and O–H groups in total. The molecule has 3 aromatic rings. The molecule has 0 aliphatic rings. The lowest BCUT2D eigenvalue weighted by atomic mass is 10.1. The van der Waals surface area contributed by atoms with Crippen LogP contribution in [0.4, 0.5) is 0 Å². The lowest BCUT2D eigenvalue weighted by Gasteiger charge is -2.08. The first-order valence-electron chi connectivity index (χ1n) is 7.65. The molecule has 0 aliphatic carbocycles. The van der Waals surface area contributed by atoms with E-state index in [1.54, 1.807) is 6.07 Å². The lowest BCUT2D eigenvalue weighted by molar-refractivity contribution is -0.146. The van der Waals surface area contributed by atoms with Crippen molar-refractivity contribution in [1.82, 2.24) is 9.78 Å². The van der Waals surface area contributed by atoms with E-state index in [2.05, 4.69) is 21.0 Å². The zero-order valence-electron chi connectivity index (χ0n) is 13.3. The van der Waals surface area contributed by atoms with Crippen molar-refractivity contribution in [3.05, 3.63) is 87.1 Å². The first-order valence-corrected chi connectivity index (χ1v) is 8.45. The quantitative estimate of drug-likeness (QED) is 0.617. The summed E-state index contributed by atoms with van der Waals surface area (Å²) in [4.78, 5) is 24.0. The standard InChI is InChI=1S/C19H15BrN2O3/c20-16-8-4-7-15(11-16)17-9-10-18(23)22(21-17)12-19(24)25-13-14-5-2-1-3-6-14/h1-11H,12-13H2. The third kappa shape index (κ3) is 4.64. The molecule has 3 rings (SSSR count). The molecule has 1 heterocycles. The summed E-state index contributed by atoms with van der Waals surface area (Å²) < 4.78 is 7.23. The highest BCUT2D eigenvalue weighted by Gasteiger charge is 2.09. The molecule has 126 valence electrons. The van der Waals surface area contributed by atoms with Crippen LogP contribution in [0.2, 0.25) is 0 Å². The molecule has 0 spiro atoms. The number of esters is 1. The van der Waals surface area contributed by atoms with Crippen molar-refractivity contribution < 1.29 is 9.53 Å². The predicted octanol–water partition coefficient (Wildman–Crippen LogP) is 3.42. The molecule has 0 radical (unpaired) electrons. The molecule has 6 heteroatoms. The molecule has 0 fully saturated rings. The van der Waals surface area contributed by atoms with Gasteiger partial charge in [0, 0.05) is 16.1 Å². The number of carbonyl (C=O) groups is 1. The highest BCUT2D eigenvalue weighted by Crippen LogP contribution is 2.20. The molecular weight excluding hydrogens is 384 g/mol. The van der Waals surface area contributed by atoms with E-state index in [0.717, 1.165) is 20.3 Å². The number of hydrogen-bond acceptors (Lipinski definition) is 4. The largest absolute Gasteiger partial charge is 0.459 e. The number of carbonyl (C=O) groups excluding carboxylic acids is 1. The molecule has 2 aromatic carbocycles. The molecule has 0 unspecified atom stereocenters. The highest BCUT2D eigenvalue weighted by atomic mass is 79.9. The van der Waals surface area contributed by atoms with Crippen LogP contribution >= 0.6 is 15.9 Å². The summed E-state index contributed by atoms with van der Waals surface area (Å²) in [5, 5.41) is 4.26. The molecule has 0 saturated heterocycles. The number of benzene rings is 2. The third-order valence-corrected chi connectivity index (χ3v) is 4.00. The van der Waals surface area contributed by atoms with Gasteiger partial charge in [-0.05, 0) is 23.8 Å². The normalized spacial score (nSPS) is 10.4. The van der Waals surface area contributed by atoms with E-state index in [0.29, 0.717) is 5.69 Å². The Morgan fingerprint density at radius 2 is 1.84 bits per heavy atom. The van der Waals surface area contributed by atoms with Crippen molar-refractivity contribution in [2.24, 2.45) is 0 Å². The molecule has 5 nitrogen and oxygen atoms in total. The van der Waals surface area contributed by atoms with E-state index in [-0.39, 0.29) is 18.7 Å². The Labute approximate surface area is 153 Å². The van der Waals surface area contributed by atoms with Gasteiger partial charge in [0.15, 0.2) is 0 Å². The fourth-order valence-corrected chi connectivity index (χ4v) is 2.67. The van der Waals surface area contributed by atoms with Crippen LogP contribution in [0.5, 0.6) is 0 Å². The van der Waals surface area contributed by atoms with E-state index in [1.165, 1.54) is 6.07 Å². The van der Waals surface area contributed by atoms with Crippen LogP contribution in [0, 0.1) is 0 Å². The summed E-state index contributed by atoms with van der Waals surface area (Å²) in [5.41, 5.74) is 1.99. The fourth-order valence-electron chi connectivity index (χ4n) is 2.27. The van der Waals surface area contributed by atoms with Crippen LogP contribution in [0.25, 0.3) is 11.3 Å². The maximum atomic E-state index is 12.0. The molecule has 0 bridgehead atoms. The summed E-state index contributed by atoms with van der Waals surface area (Å²) in [6.07, 6.45) is 0.